The van der Waals surface area contributed by atoms with Crippen molar-refractivity contribution in [2.45, 2.75) is 51.7 Å². The van der Waals surface area contributed by atoms with E-state index in [2.05, 4.69) is 39.4 Å². The van der Waals surface area contributed by atoms with E-state index in [0.29, 0.717) is 18.1 Å². The molecule has 1 fully saturated rings. The molecule has 0 saturated carbocycles. The van der Waals surface area contributed by atoms with Gasteiger partial charge in [0.15, 0.2) is 0 Å². The summed E-state index contributed by atoms with van der Waals surface area (Å²) in [7, 11) is 0. The summed E-state index contributed by atoms with van der Waals surface area (Å²) in [4.78, 5) is 13.4. The molecule has 0 bridgehead atoms. The van der Waals surface area contributed by atoms with Gasteiger partial charge in [0.25, 0.3) is 0 Å². The summed E-state index contributed by atoms with van der Waals surface area (Å²) in [6.07, 6.45) is 3.99. The first-order valence-electron chi connectivity index (χ1n) is 7.90. The summed E-state index contributed by atoms with van der Waals surface area (Å²) >= 11 is 0. The SMILES string of the molecule is Cc1nc(NC2CC(C)NC(C)C2)cc(-c2ccccn2)n1. The van der Waals surface area contributed by atoms with E-state index in [1.807, 2.05) is 31.2 Å². The second-order valence-electron chi connectivity index (χ2n) is 6.18. The van der Waals surface area contributed by atoms with Gasteiger partial charge in [0.05, 0.1) is 11.4 Å². The Balaban J connectivity index is 1.81. The van der Waals surface area contributed by atoms with Crippen LogP contribution in [0.2, 0.25) is 0 Å². The van der Waals surface area contributed by atoms with Crippen LogP contribution < -0.4 is 10.6 Å². The van der Waals surface area contributed by atoms with Crippen LogP contribution >= 0.6 is 0 Å². The number of hydrogen-bond donors (Lipinski definition) is 2. The van der Waals surface area contributed by atoms with E-state index in [9.17, 15) is 0 Å². The topological polar surface area (TPSA) is 62.7 Å². The zero-order chi connectivity index (χ0) is 15.5. The maximum atomic E-state index is 4.53. The molecule has 3 heterocycles. The standard InChI is InChI=1S/C17H23N5/c1-11-8-14(9-12(2)19-11)22-17-10-16(20-13(3)21-17)15-6-4-5-7-18-15/h4-7,10-12,14,19H,8-9H2,1-3H3,(H,20,21,22). The minimum atomic E-state index is 0.442. The van der Waals surface area contributed by atoms with Crippen molar-refractivity contribution in [3.63, 3.8) is 0 Å². The maximum Gasteiger partial charge on any atom is 0.130 e. The summed E-state index contributed by atoms with van der Waals surface area (Å²) in [5, 5.41) is 7.13. The van der Waals surface area contributed by atoms with Gasteiger partial charge in [-0.25, -0.2) is 9.97 Å². The summed E-state index contributed by atoms with van der Waals surface area (Å²) in [6.45, 7) is 6.38. The molecule has 1 aliphatic rings. The first-order valence-corrected chi connectivity index (χ1v) is 7.90. The molecule has 3 rings (SSSR count). The average molecular weight is 297 g/mol. The minimum absolute atomic E-state index is 0.442. The largest absolute Gasteiger partial charge is 0.367 e. The molecule has 0 spiro atoms. The molecule has 5 heteroatoms. The van der Waals surface area contributed by atoms with Crippen molar-refractivity contribution in [2.24, 2.45) is 0 Å². The Morgan fingerprint density at radius 3 is 2.55 bits per heavy atom. The van der Waals surface area contributed by atoms with Gasteiger partial charge in [0.2, 0.25) is 0 Å². The lowest BCUT2D eigenvalue weighted by molar-refractivity contribution is 0.329. The predicted molar refractivity (Wildman–Crippen MR) is 88.7 cm³/mol. The Kier molecular flexibility index (Phi) is 4.34. The summed E-state index contributed by atoms with van der Waals surface area (Å²) in [5.74, 6) is 1.65. The van der Waals surface area contributed by atoms with E-state index in [-0.39, 0.29) is 0 Å². The zero-order valence-corrected chi connectivity index (χ0v) is 13.4. The van der Waals surface area contributed by atoms with Crippen molar-refractivity contribution in [3.8, 4) is 11.4 Å². The average Bonchev–Trinajstić information content (AvgIpc) is 2.46. The molecule has 2 aromatic rings. The molecule has 5 nitrogen and oxygen atoms in total. The number of nitrogens with one attached hydrogen (secondary N) is 2. The highest BCUT2D eigenvalue weighted by atomic mass is 15.1. The Labute approximate surface area is 131 Å². The maximum absolute atomic E-state index is 4.53. The molecule has 0 amide bonds. The Hall–Kier alpha value is -2.01. The second-order valence-corrected chi connectivity index (χ2v) is 6.18. The first-order chi connectivity index (χ1) is 10.6. The fraction of sp³-hybridized carbons (Fsp3) is 0.471. The smallest absolute Gasteiger partial charge is 0.130 e. The number of pyridine rings is 1. The van der Waals surface area contributed by atoms with Crippen LogP contribution in [0, 0.1) is 6.92 Å². The van der Waals surface area contributed by atoms with E-state index in [4.69, 9.17) is 0 Å². The molecule has 22 heavy (non-hydrogen) atoms. The summed E-state index contributed by atoms with van der Waals surface area (Å²) in [6, 6.07) is 9.35. The lowest BCUT2D eigenvalue weighted by Gasteiger charge is -2.33. The van der Waals surface area contributed by atoms with Crippen LogP contribution in [-0.4, -0.2) is 33.1 Å². The third kappa shape index (κ3) is 3.60. The lowest BCUT2D eigenvalue weighted by atomic mass is 9.95. The van der Waals surface area contributed by atoms with E-state index < -0.39 is 0 Å². The van der Waals surface area contributed by atoms with Crippen LogP contribution in [0.5, 0.6) is 0 Å². The van der Waals surface area contributed by atoms with E-state index in [0.717, 1.165) is 35.9 Å². The van der Waals surface area contributed by atoms with Crippen LogP contribution in [0.25, 0.3) is 11.4 Å². The summed E-state index contributed by atoms with van der Waals surface area (Å²) in [5.41, 5.74) is 1.74. The number of piperidine rings is 1. The molecule has 1 saturated heterocycles. The van der Waals surface area contributed by atoms with Gasteiger partial charge in [0, 0.05) is 30.4 Å². The molecule has 2 N–H and O–H groups in total. The summed E-state index contributed by atoms with van der Waals surface area (Å²) < 4.78 is 0. The second kappa shape index (κ2) is 6.40. The quantitative estimate of drug-likeness (QED) is 0.912. The number of aromatic nitrogens is 3. The Morgan fingerprint density at radius 2 is 1.86 bits per heavy atom. The van der Waals surface area contributed by atoms with Crippen LogP contribution in [0.15, 0.2) is 30.5 Å². The van der Waals surface area contributed by atoms with Crippen LogP contribution in [0.1, 0.15) is 32.5 Å². The number of anilines is 1. The molecule has 2 aromatic heterocycles. The number of rotatable bonds is 3. The van der Waals surface area contributed by atoms with Gasteiger partial charge in [-0.1, -0.05) is 6.07 Å². The van der Waals surface area contributed by atoms with Crippen molar-refractivity contribution < 1.29 is 0 Å². The van der Waals surface area contributed by atoms with Crippen LogP contribution in [0.4, 0.5) is 5.82 Å². The molecule has 1 aliphatic heterocycles. The molecule has 2 unspecified atom stereocenters. The highest BCUT2D eigenvalue weighted by Crippen LogP contribution is 2.21. The van der Waals surface area contributed by atoms with Crippen LogP contribution in [0.3, 0.4) is 0 Å². The molecule has 116 valence electrons. The first kappa shape index (κ1) is 14.9. The van der Waals surface area contributed by atoms with Crippen molar-refractivity contribution in [1.82, 2.24) is 20.3 Å². The van der Waals surface area contributed by atoms with Gasteiger partial charge in [-0.05, 0) is 45.7 Å². The van der Waals surface area contributed by atoms with Crippen molar-refractivity contribution in [2.75, 3.05) is 5.32 Å². The predicted octanol–water partition coefficient (Wildman–Crippen LogP) is 2.79. The fourth-order valence-corrected chi connectivity index (χ4v) is 3.19. The van der Waals surface area contributed by atoms with Gasteiger partial charge >= 0.3 is 0 Å². The normalized spacial score (nSPS) is 25.0. The van der Waals surface area contributed by atoms with Crippen LogP contribution in [-0.2, 0) is 0 Å². The molecular formula is C17H23N5. The number of nitrogens with zero attached hydrogens (tertiary/aromatic N) is 3. The molecule has 0 aliphatic carbocycles. The highest BCUT2D eigenvalue weighted by Gasteiger charge is 2.23. The van der Waals surface area contributed by atoms with Gasteiger partial charge in [-0.15, -0.1) is 0 Å². The van der Waals surface area contributed by atoms with E-state index >= 15 is 0 Å². The third-order valence-corrected chi connectivity index (χ3v) is 3.96. The Bertz CT molecular complexity index is 618. The van der Waals surface area contributed by atoms with Crippen molar-refractivity contribution >= 4 is 5.82 Å². The van der Waals surface area contributed by atoms with Crippen molar-refractivity contribution in [3.05, 3.63) is 36.3 Å². The van der Waals surface area contributed by atoms with Crippen molar-refractivity contribution in [1.29, 1.82) is 0 Å². The molecule has 2 atom stereocenters. The van der Waals surface area contributed by atoms with Gasteiger partial charge in [-0.3, -0.25) is 4.98 Å². The van der Waals surface area contributed by atoms with Gasteiger partial charge < -0.3 is 10.6 Å². The van der Waals surface area contributed by atoms with Gasteiger partial charge in [-0.2, -0.15) is 0 Å². The zero-order valence-electron chi connectivity index (χ0n) is 13.4. The number of hydrogen-bond acceptors (Lipinski definition) is 5. The lowest BCUT2D eigenvalue weighted by Crippen LogP contribution is -2.46. The number of aryl methyl sites for hydroxylation is 1. The van der Waals surface area contributed by atoms with E-state index in [1.54, 1.807) is 6.20 Å². The van der Waals surface area contributed by atoms with E-state index in [1.165, 1.54) is 0 Å². The molecule has 0 radical (unpaired) electrons. The highest BCUT2D eigenvalue weighted by molar-refractivity contribution is 5.58. The molecular weight excluding hydrogens is 274 g/mol. The van der Waals surface area contributed by atoms with Gasteiger partial charge in [0.1, 0.15) is 11.6 Å². The fourth-order valence-electron chi connectivity index (χ4n) is 3.19. The Morgan fingerprint density at radius 1 is 1.09 bits per heavy atom. The third-order valence-electron chi connectivity index (χ3n) is 3.96. The molecule has 0 aromatic carbocycles. The monoisotopic (exact) mass is 297 g/mol. The minimum Gasteiger partial charge on any atom is -0.367 e.